The molecule has 1 aromatic rings. The van der Waals surface area contributed by atoms with E-state index in [1.54, 1.807) is 0 Å². The Hall–Kier alpha value is -0.820. The van der Waals surface area contributed by atoms with Crippen molar-refractivity contribution in [3.63, 3.8) is 0 Å². The molecule has 0 radical (unpaired) electrons. The predicted molar refractivity (Wildman–Crippen MR) is 74.0 cm³/mol. The fourth-order valence-electron chi connectivity index (χ4n) is 1.81. The van der Waals surface area contributed by atoms with Crippen molar-refractivity contribution in [2.24, 2.45) is 0 Å². The molecule has 0 fully saturated rings. The molecule has 2 heteroatoms. The lowest BCUT2D eigenvalue weighted by atomic mass is 10.0. The normalized spacial score (nSPS) is 10.5. The summed E-state index contributed by atoms with van der Waals surface area (Å²) >= 11 is 5.58. The molecule has 0 saturated heterocycles. The third-order valence-corrected chi connectivity index (χ3v) is 3.15. The minimum absolute atomic E-state index is 0.200. The Morgan fingerprint density at radius 1 is 1.12 bits per heavy atom. The molecular weight excluding hydrogens is 232 g/mol. The minimum atomic E-state index is 0.200. The highest BCUT2D eigenvalue weighted by molar-refractivity contribution is 6.18. The number of Topliss-reactive ketones (excluding diaryl/α,β-unsaturated/α-hetero) is 1. The average Bonchev–Trinajstić information content (AvgIpc) is 2.37. The third-order valence-electron chi connectivity index (χ3n) is 2.88. The molecule has 0 N–H and O–H groups in total. The van der Waals surface area contributed by atoms with E-state index in [2.05, 4.69) is 19.1 Å². The molecule has 1 aromatic carbocycles. The molecule has 0 aliphatic heterocycles. The number of carbonyl (C=O) groups excluding carboxylic acids is 1. The molecule has 0 atom stereocenters. The van der Waals surface area contributed by atoms with E-state index in [1.807, 2.05) is 12.1 Å². The Bertz CT molecular complexity index is 329. The van der Waals surface area contributed by atoms with Gasteiger partial charge in [-0.1, -0.05) is 44.0 Å². The van der Waals surface area contributed by atoms with Gasteiger partial charge < -0.3 is 0 Å². The number of halogens is 1. The van der Waals surface area contributed by atoms with Crippen LogP contribution in [0.25, 0.3) is 0 Å². The standard InChI is InChI=1S/C15H21ClO/c1-2-3-4-6-13-8-10-14(11-9-13)15(17)7-5-12-16/h8-11H,2-7,12H2,1H3. The largest absolute Gasteiger partial charge is 0.294 e. The molecular formula is C15H21ClO. The molecule has 17 heavy (non-hydrogen) atoms. The van der Waals surface area contributed by atoms with Crippen LogP contribution in [0, 0.1) is 0 Å². The summed E-state index contributed by atoms with van der Waals surface area (Å²) < 4.78 is 0. The van der Waals surface area contributed by atoms with Gasteiger partial charge in [-0.2, -0.15) is 0 Å². The molecule has 0 unspecified atom stereocenters. The summed E-state index contributed by atoms with van der Waals surface area (Å²) in [5.41, 5.74) is 2.14. The fraction of sp³-hybridized carbons (Fsp3) is 0.533. The number of carbonyl (C=O) groups is 1. The molecule has 0 amide bonds. The van der Waals surface area contributed by atoms with Crippen LogP contribution >= 0.6 is 11.6 Å². The predicted octanol–water partition coefficient (Wildman–Crippen LogP) is 4.62. The van der Waals surface area contributed by atoms with Crippen LogP contribution in [0.5, 0.6) is 0 Å². The maximum Gasteiger partial charge on any atom is 0.162 e. The first-order valence-corrected chi connectivity index (χ1v) is 6.99. The van der Waals surface area contributed by atoms with Gasteiger partial charge in [0.25, 0.3) is 0 Å². The molecule has 1 nitrogen and oxygen atoms in total. The van der Waals surface area contributed by atoms with Crippen molar-refractivity contribution in [1.82, 2.24) is 0 Å². The van der Waals surface area contributed by atoms with Gasteiger partial charge >= 0.3 is 0 Å². The highest BCUT2D eigenvalue weighted by Gasteiger charge is 2.04. The molecule has 0 spiro atoms. The fourth-order valence-corrected chi connectivity index (χ4v) is 1.94. The van der Waals surface area contributed by atoms with Gasteiger partial charge in [-0.05, 0) is 24.8 Å². The highest BCUT2D eigenvalue weighted by Crippen LogP contribution is 2.11. The number of aryl methyl sites for hydroxylation is 1. The van der Waals surface area contributed by atoms with Crippen molar-refractivity contribution < 1.29 is 4.79 Å². The van der Waals surface area contributed by atoms with Crippen molar-refractivity contribution in [1.29, 1.82) is 0 Å². The molecule has 1 rings (SSSR count). The molecule has 0 saturated carbocycles. The van der Waals surface area contributed by atoms with Gasteiger partial charge in [0.1, 0.15) is 0 Å². The van der Waals surface area contributed by atoms with Gasteiger partial charge in [-0.3, -0.25) is 4.79 Å². The van der Waals surface area contributed by atoms with Crippen LogP contribution in [-0.4, -0.2) is 11.7 Å². The Morgan fingerprint density at radius 3 is 2.41 bits per heavy atom. The van der Waals surface area contributed by atoms with Crippen LogP contribution < -0.4 is 0 Å². The van der Waals surface area contributed by atoms with Crippen LogP contribution in [-0.2, 0) is 6.42 Å². The quantitative estimate of drug-likeness (QED) is 0.375. The highest BCUT2D eigenvalue weighted by atomic mass is 35.5. The zero-order chi connectivity index (χ0) is 12.5. The van der Waals surface area contributed by atoms with Gasteiger partial charge in [-0.25, -0.2) is 0 Å². The van der Waals surface area contributed by atoms with Gasteiger partial charge in [0.15, 0.2) is 5.78 Å². The molecule has 0 bridgehead atoms. The van der Waals surface area contributed by atoms with E-state index >= 15 is 0 Å². The molecule has 0 aliphatic rings. The smallest absolute Gasteiger partial charge is 0.162 e. The summed E-state index contributed by atoms with van der Waals surface area (Å²) in [5.74, 6) is 0.756. The third kappa shape index (κ3) is 5.36. The second-order valence-corrected chi connectivity index (χ2v) is 4.75. The number of hydrogen-bond acceptors (Lipinski definition) is 1. The van der Waals surface area contributed by atoms with Gasteiger partial charge in [0.05, 0.1) is 0 Å². The number of unbranched alkanes of at least 4 members (excludes halogenated alkanes) is 2. The van der Waals surface area contributed by atoms with E-state index in [0.717, 1.165) is 18.4 Å². The summed E-state index contributed by atoms with van der Waals surface area (Å²) in [6, 6.07) is 8.03. The van der Waals surface area contributed by atoms with Crippen molar-refractivity contribution in [2.75, 3.05) is 5.88 Å². The number of alkyl halides is 1. The number of rotatable bonds is 8. The zero-order valence-corrected chi connectivity index (χ0v) is 11.3. The molecule has 0 aliphatic carbocycles. The lowest BCUT2D eigenvalue weighted by molar-refractivity contribution is 0.0982. The average molecular weight is 253 g/mol. The first kappa shape index (κ1) is 14.2. The maximum absolute atomic E-state index is 11.7. The first-order valence-electron chi connectivity index (χ1n) is 6.46. The Labute approximate surface area is 109 Å². The first-order chi connectivity index (χ1) is 8.27. The van der Waals surface area contributed by atoms with Gasteiger partial charge in [-0.15, -0.1) is 11.6 Å². The summed E-state index contributed by atoms with van der Waals surface area (Å²) in [5, 5.41) is 0. The number of ketones is 1. The summed E-state index contributed by atoms with van der Waals surface area (Å²) in [7, 11) is 0. The number of benzene rings is 1. The molecule has 0 aromatic heterocycles. The van der Waals surface area contributed by atoms with Crippen molar-refractivity contribution in [3.05, 3.63) is 35.4 Å². The van der Waals surface area contributed by atoms with Crippen LogP contribution in [0.1, 0.15) is 54.9 Å². The van der Waals surface area contributed by atoms with Crippen LogP contribution in [0.3, 0.4) is 0 Å². The minimum Gasteiger partial charge on any atom is -0.294 e. The van der Waals surface area contributed by atoms with E-state index in [0.29, 0.717) is 12.3 Å². The van der Waals surface area contributed by atoms with Crippen molar-refractivity contribution in [3.8, 4) is 0 Å². The topological polar surface area (TPSA) is 17.1 Å². The Morgan fingerprint density at radius 2 is 1.82 bits per heavy atom. The van der Waals surface area contributed by atoms with Crippen molar-refractivity contribution in [2.45, 2.75) is 45.4 Å². The maximum atomic E-state index is 11.7. The van der Waals surface area contributed by atoms with E-state index in [1.165, 1.54) is 24.8 Å². The second kappa shape index (κ2) is 8.30. The van der Waals surface area contributed by atoms with Crippen LogP contribution in [0.15, 0.2) is 24.3 Å². The molecule has 0 heterocycles. The molecule has 94 valence electrons. The summed E-state index contributed by atoms with van der Waals surface area (Å²) in [6.07, 6.45) is 6.18. The van der Waals surface area contributed by atoms with Gasteiger partial charge in [0.2, 0.25) is 0 Å². The monoisotopic (exact) mass is 252 g/mol. The van der Waals surface area contributed by atoms with Crippen LogP contribution in [0.2, 0.25) is 0 Å². The van der Waals surface area contributed by atoms with E-state index < -0.39 is 0 Å². The summed E-state index contributed by atoms with van der Waals surface area (Å²) in [4.78, 5) is 11.7. The Balaban J connectivity index is 2.46. The lowest BCUT2D eigenvalue weighted by Crippen LogP contribution is -1.99. The SMILES string of the molecule is CCCCCc1ccc(C(=O)CCCCl)cc1. The lowest BCUT2D eigenvalue weighted by Gasteiger charge is -2.03. The van der Waals surface area contributed by atoms with E-state index in [4.69, 9.17) is 11.6 Å². The van der Waals surface area contributed by atoms with Crippen LogP contribution in [0.4, 0.5) is 0 Å². The number of hydrogen-bond donors (Lipinski definition) is 0. The zero-order valence-electron chi connectivity index (χ0n) is 10.5. The summed E-state index contributed by atoms with van der Waals surface area (Å²) in [6.45, 7) is 2.21. The van der Waals surface area contributed by atoms with Gasteiger partial charge in [0, 0.05) is 17.9 Å². The van der Waals surface area contributed by atoms with Crippen molar-refractivity contribution >= 4 is 17.4 Å². The van der Waals surface area contributed by atoms with E-state index in [9.17, 15) is 4.79 Å². The van der Waals surface area contributed by atoms with E-state index in [-0.39, 0.29) is 5.78 Å². The second-order valence-electron chi connectivity index (χ2n) is 4.37. The Kier molecular flexibility index (Phi) is 6.95.